The summed E-state index contributed by atoms with van der Waals surface area (Å²) in [6.07, 6.45) is 0. The maximum Gasteiger partial charge on any atom is 0.234 e. The number of carbonyl (C=O) groups is 1. The summed E-state index contributed by atoms with van der Waals surface area (Å²) in [6, 6.07) is 15.5. The lowest BCUT2D eigenvalue weighted by molar-refractivity contribution is -0.113. The van der Waals surface area contributed by atoms with E-state index >= 15 is 0 Å². The van der Waals surface area contributed by atoms with E-state index in [4.69, 9.17) is 4.74 Å². The Hall–Kier alpha value is -1.46. The zero-order valence-corrected chi connectivity index (χ0v) is 14.7. The van der Waals surface area contributed by atoms with Crippen LogP contribution >= 0.6 is 27.7 Å². The number of nitrogens with one attached hydrogen (secondary N) is 1. The van der Waals surface area contributed by atoms with Gasteiger partial charge in [-0.3, -0.25) is 4.79 Å². The summed E-state index contributed by atoms with van der Waals surface area (Å²) in [4.78, 5) is 11.9. The van der Waals surface area contributed by atoms with Crippen LogP contribution in [0.4, 0.5) is 5.69 Å². The summed E-state index contributed by atoms with van der Waals surface area (Å²) in [5.41, 5.74) is 1.93. The molecular weight excluding hydrogens is 362 g/mol. The summed E-state index contributed by atoms with van der Waals surface area (Å²) >= 11 is 4.95. The second-order valence-electron chi connectivity index (χ2n) is 4.59. The Balaban J connectivity index is 1.81. The summed E-state index contributed by atoms with van der Waals surface area (Å²) in [5, 5.41) is 2.88. The number of benzene rings is 2. The van der Waals surface area contributed by atoms with E-state index in [9.17, 15) is 4.79 Å². The van der Waals surface area contributed by atoms with Crippen LogP contribution in [0.1, 0.15) is 12.5 Å². The van der Waals surface area contributed by atoms with Crippen molar-refractivity contribution in [3.8, 4) is 5.75 Å². The predicted molar refractivity (Wildman–Crippen MR) is 96.5 cm³/mol. The average Bonchev–Trinajstić information content (AvgIpc) is 2.51. The third-order valence-corrected chi connectivity index (χ3v) is 4.40. The SMILES string of the molecule is CCOc1ccccc1CSCC(=O)Nc1ccc(Br)cc1. The third-order valence-electron chi connectivity index (χ3n) is 2.89. The van der Waals surface area contributed by atoms with Crippen LogP contribution in [0.2, 0.25) is 0 Å². The van der Waals surface area contributed by atoms with Crippen molar-refractivity contribution in [3.63, 3.8) is 0 Å². The van der Waals surface area contributed by atoms with E-state index in [2.05, 4.69) is 21.2 Å². The van der Waals surface area contributed by atoms with E-state index in [0.29, 0.717) is 12.4 Å². The molecule has 0 bridgehead atoms. The number of para-hydroxylation sites is 1. The number of thioether (sulfide) groups is 1. The minimum atomic E-state index is 0.00112. The van der Waals surface area contributed by atoms with Crippen molar-refractivity contribution in [3.05, 3.63) is 58.6 Å². The highest BCUT2D eigenvalue weighted by Gasteiger charge is 2.06. The van der Waals surface area contributed by atoms with Gasteiger partial charge in [0.2, 0.25) is 5.91 Å². The lowest BCUT2D eigenvalue weighted by Crippen LogP contribution is -2.14. The second kappa shape index (κ2) is 8.86. The zero-order chi connectivity index (χ0) is 15.8. The smallest absolute Gasteiger partial charge is 0.234 e. The van der Waals surface area contributed by atoms with Gasteiger partial charge >= 0.3 is 0 Å². The molecule has 3 nitrogen and oxygen atoms in total. The predicted octanol–water partition coefficient (Wildman–Crippen LogP) is 4.72. The largest absolute Gasteiger partial charge is 0.494 e. The number of rotatable bonds is 7. The van der Waals surface area contributed by atoms with E-state index in [1.54, 1.807) is 11.8 Å². The summed E-state index contributed by atoms with van der Waals surface area (Å²) < 4.78 is 6.58. The van der Waals surface area contributed by atoms with Crippen LogP contribution in [0.3, 0.4) is 0 Å². The highest BCUT2D eigenvalue weighted by molar-refractivity contribution is 9.10. The maximum atomic E-state index is 11.9. The lowest BCUT2D eigenvalue weighted by Gasteiger charge is -2.10. The van der Waals surface area contributed by atoms with Gasteiger partial charge in [-0.1, -0.05) is 34.1 Å². The molecule has 2 aromatic carbocycles. The normalized spacial score (nSPS) is 10.3. The lowest BCUT2D eigenvalue weighted by atomic mass is 10.2. The molecule has 0 fully saturated rings. The van der Waals surface area contributed by atoms with Crippen molar-refractivity contribution in [1.82, 2.24) is 0 Å². The molecule has 1 N–H and O–H groups in total. The molecular formula is C17H18BrNO2S. The first-order chi connectivity index (χ1) is 10.7. The molecule has 1 amide bonds. The van der Waals surface area contributed by atoms with Gasteiger partial charge in [-0.15, -0.1) is 11.8 Å². The van der Waals surface area contributed by atoms with Crippen LogP contribution in [0.5, 0.6) is 5.75 Å². The van der Waals surface area contributed by atoms with Crippen molar-refractivity contribution in [2.75, 3.05) is 17.7 Å². The zero-order valence-electron chi connectivity index (χ0n) is 12.3. The van der Waals surface area contributed by atoms with E-state index in [0.717, 1.165) is 27.2 Å². The molecule has 0 atom stereocenters. The molecule has 116 valence electrons. The van der Waals surface area contributed by atoms with Gasteiger partial charge in [0.25, 0.3) is 0 Å². The first kappa shape index (κ1) is 16.9. The van der Waals surface area contributed by atoms with E-state index in [1.165, 1.54) is 0 Å². The molecule has 0 radical (unpaired) electrons. The molecule has 0 aliphatic heterocycles. The van der Waals surface area contributed by atoms with Crippen molar-refractivity contribution in [2.24, 2.45) is 0 Å². The van der Waals surface area contributed by atoms with E-state index in [1.807, 2.05) is 55.5 Å². The van der Waals surface area contributed by atoms with Gasteiger partial charge in [0.1, 0.15) is 5.75 Å². The highest BCUT2D eigenvalue weighted by Crippen LogP contribution is 2.23. The fourth-order valence-electron chi connectivity index (χ4n) is 1.90. The van der Waals surface area contributed by atoms with Crippen LogP contribution in [-0.4, -0.2) is 18.3 Å². The fourth-order valence-corrected chi connectivity index (χ4v) is 2.99. The monoisotopic (exact) mass is 379 g/mol. The molecule has 0 aliphatic carbocycles. The number of halogens is 1. The Morgan fingerprint density at radius 2 is 1.91 bits per heavy atom. The van der Waals surface area contributed by atoms with Gasteiger partial charge in [0.15, 0.2) is 0 Å². The van der Waals surface area contributed by atoms with E-state index in [-0.39, 0.29) is 5.91 Å². The van der Waals surface area contributed by atoms with Gasteiger partial charge in [-0.25, -0.2) is 0 Å². The van der Waals surface area contributed by atoms with Crippen LogP contribution in [0.15, 0.2) is 53.0 Å². The highest BCUT2D eigenvalue weighted by atomic mass is 79.9. The average molecular weight is 380 g/mol. The molecule has 0 spiro atoms. The molecule has 0 unspecified atom stereocenters. The van der Waals surface area contributed by atoms with Crippen molar-refractivity contribution in [2.45, 2.75) is 12.7 Å². The topological polar surface area (TPSA) is 38.3 Å². The van der Waals surface area contributed by atoms with Gasteiger partial charge < -0.3 is 10.1 Å². The second-order valence-corrected chi connectivity index (χ2v) is 6.49. The Bertz CT molecular complexity index is 616. The maximum absolute atomic E-state index is 11.9. The summed E-state index contributed by atoms with van der Waals surface area (Å²) in [5.74, 6) is 2.06. The Kier molecular flexibility index (Phi) is 6.80. The van der Waals surface area contributed by atoms with Gasteiger partial charge in [0, 0.05) is 21.5 Å². The Morgan fingerprint density at radius 1 is 1.18 bits per heavy atom. The number of hydrogen-bond donors (Lipinski definition) is 1. The minimum absolute atomic E-state index is 0.00112. The number of carbonyl (C=O) groups excluding carboxylic acids is 1. The fraction of sp³-hybridized carbons (Fsp3) is 0.235. The number of anilines is 1. The van der Waals surface area contributed by atoms with Crippen molar-refractivity contribution >= 4 is 39.3 Å². The molecule has 0 aliphatic rings. The first-order valence-corrected chi connectivity index (χ1v) is 8.97. The molecule has 0 saturated heterocycles. The van der Waals surface area contributed by atoms with Crippen LogP contribution < -0.4 is 10.1 Å². The first-order valence-electron chi connectivity index (χ1n) is 7.03. The van der Waals surface area contributed by atoms with Crippen LogP contribution in [0, 0.1) is 0 Å². The van der Waals surface area contributed by atoms with E-state index < -0.39 is 0 Å². The van der Waals surface area contributed by atoms with Gasteiger partial charge in [-0.05, 0) is 37.3 Å². The quantitative estimate of drug-likeness (QED) is 0.756. The molecule has 2 rings (SSSR count). The third kappa shape index (κ3) is 5.39. The Labute approximate surface area is 143 Å². The molecule has 0 heterocycles. The molecule has 2 aromatic rings. The number of hydrogen-bond acceptors (Lipinski definition) is 3. The summed E-state index contributed by atoms with van der Waals surface area (Å²) in [7, 11) is 0. The van der Waals surface area contributed by atoms with Crippen molar-refractivity contribution < 1.29 is 9.53 Å². The molecule has 22 heavy (non-hydrogen) atoms. The van der Waals surface area contributed by atoms with Gasteiger partial charge in [0.05, 0.1) is 12.4 Å². The van der Waals surface area contributed by atoms with Crippen LogP contribution in [0.25, 0.3) is 0 Å². The molecule has 0 aromatic heterocycles. The summed E-state index contributed by atoms with van der Waals surface area (Å²) in [6.45, 7) is 2.61. The van der Waals surface area contributed by atoms with Gasteiger partial charge in [-0.2, -0.15) is 0 Å². The minimum Gasteiger partial charge on any atom is -0.494 e. The Morgan fingerprint density at radius 3 is 2.64 bits per heavy atom. The molecule has 0 saturated carbocycles. The van der Waals surface area contributed by atoms with Crippen LogP contribution in [-0.2, 0) is 10.5 Å². The number of amides is 1. The van der Waals surface area contributed by atoms with Crippen molar-refractivity contribution in [1.29, 1.82) is 0 Å². The number of ether oxygens (including phenoxy) is 1. The molecule has 5 heteroatoms. The standard InChI is InChI=1S/C17H18BrNO2S/c1-2-21-16-6-4-3-5-13(16)11-22-12-17(20)19-15-9-7-14(18)8-10-15/h3-10H,2,11-12H2,1H3,(H,19,20).